The van der Waals surface area contributed by atoms with Crippen LogP contribution >= 0.6 is 0 Å². The van der Waals surface area contributed by atoms with E-state index in [0.29, 0.717) is 19.0 Å². The van der Waals surface area contributed by atoms with Crippen molar-refractivity contribution in [2.75, 3.05) is 33.7 Å². The van der Waals surface area contributed by atoms with Gasteiger partial charge in [-0.1, -0.05) is 13.8 Å². The molecule has 0 aromatic carbocycles. The second-order valence-electron chi connectivity index (χ2n) is 5.39. The van der Waals surface area contributed by atoms with Gasteiger partial charge < -0.3 is 5.32 Å². The average molecular weight is 291 g/mol. The largest absolute Gasteiger partial charge is 0.319 e. The number of nitrogens with one attached hydrogen (secondary N) is 1. The number of piperidine rings is 1. The van der Waals surface area contributed by atoms with E-state index in [1.165, 1.54) is 0 Å². The minimum atomic E-state index is -3.28. The van der Waals surface area contributed by atoms with Gasteiger partial charge in [0.25, 0.3) is 10.2 Å². The Morgan fingerprint density at radius 1 is 1.26 bits per heavy atom. The molecule has 5 nitrogen and oxygen atoms in total. The Morgan fingerprint density at radius 2 is 1.79 bits per heavy atom. The van der Waals surface area contributed by atoms with Crippen LogP contribution in [0.1, 0.15) is 39.5 Å². The molecule has 1 aliphatic heterocycles. The van der Waals surface area contributed by atoms with Crippen LogP contribution in [-0.2, 0) is 10.2 Å². The number of hydrogen-bond acceptors (Lipinski definition) is 3. The molecule has 0 bridgehead atoms. The van der Waals surface area contributed by atoms with Crippen molar-refractivity contribution in [3.63, 3.8) is 0 Å². The number of nitrogens with zero attached hydrogens (tertiary/aromatic N) is 2. The van der Waals surface area contributed by atoms with E-state index in [2.05, 4.69) is 5.32 Å². The molecule has 0 aliphatic carbocycles. The predicted octanol–water partition coefficient (Wildman–Crippen LogP) is 1.28. The van der Waals surface area contributed by atoms with Crippen molar-refractivity contribution in [1.29, 1.82) is 0 Å². The minimum absolute atomic E-state index is 0.111. The fourth-order valence-electron chi connectivity index (χ4n) is 2.81. The maximum Gasteiger partial charge on any atom is 0.281 e. The summed E-state index contributed by atoms with van der Waals surface area (Å²) >= 11 is 0. The average Bonchev–Trinajstić information content (AvgIpc) is 2.41. The zero-order valence-electron chi connectivity index (χ0n) is 12.7. The minimum Gasteiger partial charge on any atom is -0.319 e. The molecule has 0 aromatic rings. The fourth-order valence-corrected chi connectivity index (χ4v) is 4.52. The van der Waals surface area contributed by atoms with E-state index < -0.39 is 10.2 Å². The van der Waals surface area contributed by atoms with Crippen LogP contribution in [0.3, 0.4) is 0 Å². The Labute approximate surface area is 118 Å². The topological polar surface area (TPSA) is 52.7 Å². The Bertz CT molecular complexity index is 347. The van der Waals surface area contributed by atoms with Gasteiger partial charge in [-0.25, -0.2) is 0 Å². The molecule has 1 rings (SSSR count). The van der Waals surface area contributed by atoms with Gasteiger partial charge in [-0.15, -0.1) is 0 Å². The number of rotatable bonds is 7. The Hall–Kier alpha value is -0.170. The van der Waals surface area contributed by atoms with Crippen molar-refractivity contribution in [1.82, 2.24) is 13.9 Å². The van der Waals surface area contributed by atoms with Crippen molar-refractivity contribution >= 4 is 10.2 Å². The molecule has 1 fully saturated rings. The summed E-state index contributed by atoms with van der Waals surface area (Å²) in [6.07, 6.45) is 3.64. The summed E-state index contributed by atoms with van der Waals surface area (Å²) in [4.78, 5) is 0. The van der Waals surface area contributed by atoms with Gasteiger partial charge in [0.05, 0.1) is 0 Å². The molecule has 0 saturated carbocycles. The van der Waals surface area contributed by atoms with E-state index in [0.717, 1.165) is 32.2 Å². The van der Waals surface area contributed by atoms with Crippen molar-refractivity contribution in [3.05, 3.63) is 0 Å². The number of hydrogen-bond donors (Lipinski definition) is 1. The quantitative estimate of drug-likeness (QED) is 0.769. The van der Waals surface area contributed by atoms with Gasteiger partial charge in [0.2, 0.25) is 0 Å². The van der Waals surface area contributed by atoms with E-state index >= 15 is 0 Å². The maximum absolute atomic E-state index is 12.5. The first kappa shape index (κ1) is 16.9. The van der Waals surface area contributed by atoms with E-state index in [1.807, 2.05) is 20.9 Å². The van der Waals surface area contributed by atoms with Gasteiger partial charge in [-0.2, -0.15) is 17.0 Å². The van der Waals surface area contributed by atoms with Crippen LogP contribution in [0.15, 0.2) is 0 Å². The highest BCUT2D eigenvalue weighted by Gasteiger charge is 2.33. The molecule has 1 saturated heterocycles. The third-order valence-corrected chi connectivity index (χ3v) is 6.26. The lowest BCUT2D eigenvalue weighted by molar-refractivity contribution is 0.243. The van der Waals surface area contributed by atoms with Crippen molar-refractivity contribution in [2.24, 2.45) is 5.92 Å². The molecular formula is C13H29N3O2S. The molecule has 0 spiro atoms. The van der Waals surface area contributed by atoms with Gasteiger partial charge >= 0.3 is 0 Å². The van der Waals surface area contributed by atoms with Gasteiger partial charge in [0, 0.05) is 26.2 Å². The van der Waals surface area contributed by atoms with Crippen LogP contribution in [0.5, 0.6) is 0 Å². The molecule has 1 N–H and O–H groups in total. The second-order valence-corrected chi connectivity index (χ2v) is 7.38. The lowest BCUT2D eigenvalue weighted by Gasteiger charge is -2.36. The first-order chi connectivity index (χ1) is 8.97. The molecule has 0 atom stereocenters. The monoisotopic (exact) mass is 291 g/mol. The Morgan fingerprint density at radius 3 is 2.21 bits per heavy atom. The van der Waals surface area contributed by atoms with Crippen LogP contribution in [0.2, 0.25) is 0 Å². The van der Waals surface area contributed by atoms with Crippen molar-refractivity contribution in [2.45, 2.75) is 45.6 Å². The summed E-state index contributed by atoms with van der Waals surface area (Å²) < 4.78 is 28.3. The highest BCUT2D eigenvalue weighted by molar-refractivity contribution is 7.86. The molecule has 0 aromatic heterocycles. The summed E-state index contributed by atoms with van der Waals surface area (Å²) in [5, 5.41) is 3.17. The van der Waals surface area contributed by atoms with E-state index in [9.17, 15) is 8.42 Å². The van der Waals surface area contributed by atoms with E-state index in [-0.39, 0.29) is 6.04 Å². The molecule has 0 unspecified atom stereocenters. The highest BCUT2D eigenvalue weighted by Crippen LogP contribution is 2.22. The van der Waals surface area contributed by atoms with Gasteiger partial charge in [0.15, 0.2) is 0 Å². The maximum atomic E-state index is 12.5. The Balaban J connectivity index is 2.64. The van der Waals surface area contributed by atoms with Crippen LogP contribution in [-0.4, -0.2) is 56.8 Å². The van der Waals surface area contributed by atoms with Gasteiger partial charge in [0.1, 0.15) is 0 Å². The first-order valence-corrected chi connectivity index (χ1v) is 8.74. The molecule has 0 radical (unpaired) electrons. The predicted molar refractivity (Wildman–Crippen MR) is 79.3 cm³/mol. The van der Waals surface area contributed by atoms with Crippen LogP contribution in [0.4, 0.5) is 0 Å². The highest BCUT2D eigenvalue weighted by atomic mass is 32.2. The lowest BCUT2D eigenvalue weighted by atomic mass is 9.98. The van der Waals surface area contributed by atoms with Crippen molar-refractivity contribution in [3.8, 4) is 0 Å². The lowest BCUT2D eigenvalue weighted by Crippen LogP contribution is -2.49. The normalized spacial score (nSPS) is 19.5. The van der Waals surface area contributed by atoms with Gasteiger partial charge in [-0.05, 0) is 45.2 Å². The zero-order valence-corrected chi connectivity index (χ0v) is 13.5. The SMILES string of the molecule is CCC(CC)N(C)S(=O)(=O)N1CCC(CNC)CC1. The molecular weight excluding hydrogens is 262 g/mol. The summed E-state index contributed by atoms with van der Waals surface area (Å²) in [5.41, 5.74) is 0. The molecule has 1 heterocycles. The summed E-state index contributed by atoms with van der Waals surface area (Å²) in [7, 11) is 0.386. The third kappa shape index (κ3) is 4.15. The van der Waals surface area contributed by atoms with Gasteiger partial charge in [-0.3, -0.25) is 0 Å². The van der Waals surface area contributed by atoms with E-state index in [1.54, 1.807) is 15.7 Å². The fraction of sp³-hybridized carbons (Fsp3) is 1.00. The summed E-state index contributed by atoms with van der Waals surface area (Å²) in [6, 6.07) is 0.111. The second kappa shape index (κ2) is 7.57. The van der Waals surface area contributed by atoms with Crippen LogP contribution < -0.4 is 5.32 Å². The molecule has 114 valence electrons. The van der Waals surface area contributed by atoms with Crippen LogP contribution in [0, 0.1) is 5.92 Å². The zero-order chi connectivity index (χ0) is 14.5. The summed E-state index contributed by atoms with van der Waals surface area (Å²) in [5.74, 6) is 0.606. The van der Waals surface area contributed by atoms with Crippen LogP contribution in [0.25, 0.3) is 0 Å². The summed E-state index contributed by atoms with van der Waals surface area (Å²) in [6.45, 7) is 6.37. The molecule has 0 amide bonds. The third-order valence-electron chi connectivity index (χ3n) is 4.21. The smallest absolute Gasteiger partial charge is 0.281 e. The van der Waals surface area contributed by atoms with Crippen molar-refractivity contribution < 1.29 is 8.42 Å². The molecule has 19 heavy (non-hydrogen) atoms. The van der Waals surface area contributed by atoms with E-state index in [4.69, 9.17) is 0 Å². The molecule has 6 heteroatoms. The molecule has 1 aliphatic rings. The first-order valence-electron chi connectivity index (χ1n) is 7.35. The standard InChI is InChI=1S/C13H29N3O2S/c1-5-13(6-2)15(4)19(17,18)16-9-7-12(8-10-16)11-14-3/h12-14H,5-11H2,1-4H3. The Kier molecular flexibility index (Phi) is 6.73.